The number of fused-ring (bicyclic) bond motifs is 1. The third kappa shape index (κ3) is 4.26. The van der Waals surface area contributed by atoms with Gasteiger partial charge in [-0.1, -0.05) is 42.1 Å². The SMILES string of the molecule is COc1cc2c(=O)n(-c3cccc(F)c3)c(SCc3ccccc3C)nc2c(OC)c1OC. The Hall–Kier alpha value is -3.52. The van der Waals surface area contributed by atoms with Gasteiger partial charge < -0.3 is 14.2 Å². The Morgan fingerprint density at radius 1 is 0.970 bits per heavy atom. The Bertz CT molecular complexity index is 1390. The van der Waals surface area contributed by atoms with Crippen molar-refractivity contribution in [1.82, 2.24) is 9.55 Å². The molecule has 0 unspecified atom stereocenters. The van der Waals surface area contributed by atoms with Crippen LogP contribution in [0.5, 0.6) is 17.2 Å². The molecule has 8 heteroatoms. The highest BCUT2D eigenvalue weighted by Gasteiger charge is 2.23. The number of hydrogen-bond donors (Lipinski definition) is 0. The van der Waals surface area contributed by atoms with Crippen LogP contribution in [0, 0.1) is 12.7 Å². The summed E-state index contributed by atoms with van der Waals surface area (Å²) in [5.41, 5.74) is 2.61. The fourth-order valence-electron chi connectivity index (χ4n) is 3.62. The fourth-order valence-corrected chi connectivity index (χ4v) is 4.70. The number of hydrogen-bond acceptors (Lipinski definition) is 6. The third-order valence-corrected chi connectivity index (χ3v) is 6.31. The first-order valence-corrected chi connectivity index (χ1v) is 11.2. The highest BCUT2D eigenvalue weighted by Crippen LogP contribution is 2.42. The summed E-state index contributed by atoms with van der Waals surface area (Å²) >= 11 is 1.39. The quantitative estimate of drug-likeness (QED) is 0.277. The lowest BCUT2D eigenvalue weighted by Crippen LogP contribution is -2.22. The summed E-state index contributed by atoms with van der Waals surface area (Å²) in [7, 11) is 4.46. The number of ether oxygens (including phenoxy) is 3. The fraction of sp³-hybridized carbons (Fsp3) is 0.200. The zero-order valence-electron chi connectivity index (χ0n) is 18.7. The number of halogens is 1. The minimum Gasteiger partial charge on any atom is -0.493 e. The molecule has 0 N–H and O–H groups in total. The molecular weight excluding hydrogens is 443 g/mol. The largest absolute Gasteiger partial charge is 0.493 e. The monoisotopic (exact) mass is 466 g/mol. The summed E-state index contributed by atoms with van der Waals surface area (Å²) in [5, 5.41) is 0.681. The molecule has 0 aliphatic rings. The number of aromatic nitrogens is 2. The molecule has 6 nitrogen and oxygen atoms in total. The summed E-state index contributed by atoms with van der Waals surface area (Å²) in [5.74, 6) is 1.12. The van der Waals surface area contributed by atoms with Gasteiger partial charge in [-0.05, 0) is 42.3 Å². The van der Waals surface area contributed by atoms with Crippen molar-refractivity contribution in [2.24, 2.45) is 0 Å². The van der Waals surface area contributed by atoms with Crippen LogP contribution in [0.4, 0.5) is 4.39 Å². The van der Waals surface area contributed by atoms with Gasteiger partial charge in [-0.2, -0.15) is 0 Å². The van der Waals surface area contributed by atoms with E-state index in [2.05, 4.69) is 0 Å². The van der Waals surface area contributed by atoms with E-state index in [1.165, 1.54) is 49.8 Å². The van der Waals surface area contributed by atoms with E-state index in [-0.39, 0.29) is 10.9 Å². The number of benzene rings is 3. The van der Waals surface area contributed by atoms with Crippen molar-refractivity contribution in [3.05, 3.63) is 81.9 Å². The summed E-state index contributed by atoms with van der Waals surface area (Å²) in [4.78, 5) is 18.5. The van der Waals surface area contributed by atoms with Gasteiger partial charge in [-0.25, -0.2) is 9.37 Å². The normalized spacial score (nSPS) is 10.9. The Kier molecular flexibility index (Phi) is 6.55. The molecule has 0 spiro atoms. The van der Waals surface area contributed by atoms with E-state index in [0.29, 0.717) is 39.4 Å². The second-order valence-corrected chi connectivity index (χ2v) is 8.21. The minimum atomic E-state index is -0.445. The van der Waals surface area contributed by atoms with Crippen LogP contribution in [-0.4, -0.2) is 30.9 Å². The van der Waals surface area contributed by atoms with Crippen molar-refractivity contribution < 1.29 is 18.6 Å². The molecule has 0 aliphatic carbocycles. The van der Waals surface area contributed by atoms with E-state index in [1.807, 2.05) is 31.2 Å². The Morgan fingerprint density at radius 3 is 2.39 bits per heavy atom. The first-order chi connectivity index (χ1) is 16.0. The van der Waals surface area contributed by atoms with Crippen LogP contribution in [0.15, 0.2) is 64.5 Å². The highest BCUT2D eigenvalue weighted by atomic mass is 32.2. The van der Waals surface area contributed by atoms with Gasteiger partial charge in [-0.15, -0.1) is 0 Å². The van der Waals surface area contributed by atoms with Crippen molar-refractivity contribution in [2.45, 2.75) is 17.8 Å². The van der Waals surface area contributed by atoms with Gasteiger partial charge in [-0.3, -0.25) is 9.36 Å². The molecule has 0 amide bonds. The molecular formula is C25H23FN2O4S. The lowest BCUT2D eigenvalue weighted by Gasteiger charge is -2.17. The summed E-state index contributed by atoms with van der Waals surface area (Å²) < 4.78 is 31.9. The van der Waals surface area contributed by atoms with E-state index >= 15 is 0 Å². The van der Waals surface area contributed by atoms with Crippen molar-refractivity contribution in [1.29, 1.82) is 0 Å². The van der Waals surface area contributed by atoms with Gasteiger partial charge in [0.1, 0.15) is 11.3 Å². The summed E-state index contributed by atoms with van der Waals surface area (Å²) in [6, 6.07) is 15.5. The average molecular weight is 467 g/mol. The van der Waals surface area contributed by atoms with Crippen LogP contribution >= 0.6 is 11.8 Å². The van der Waals surface area contributed by atoms with Crippen LogP contribution in [-0.2, 0) is 5.75 Å². The standard InChI is InChI=1S/C25H23FN2O4S/c1-15-8-5-6-9-16(15)14-33-25-27-21-19(13-20(30-2)22(31-3)23(21)32-4)24(29)28(25)18-11-7-10-17(26)12-18/h5-13H,14H2,1-4H3. The smallest absolute Gasteiger partial charge is 0.266 e. The average Bonchev–Trinajstić information content (AvgIpc) is 2.82. The zero-order chi connectivity index (χ0) is 23.5. The molecule has 0 bridgehead atoms. The maximum Gasteiger partial charge on any atom is 0.266 e. The van der Waals surface area contributed by atoms with Gasteiger partial charge in [0.05, 0.1) is 32.4 Å². The van der Waals surface area contributed by atoms with Gasteiger partial charge in [0.15, 0.2) is 16.7 Å². The van der Waals surface area contributed by atoms with Crippen LogP contribution in [0.2, 0.25) is 0 Å². The summed E-state index contributed by atoms with van der Waals surface area (Å²) in [6.07, 6.45) is 0. The van der Waals surface area contributed by atoms with Crippen molar-refractivity contribution >= 4 is 22.7 Å². The molecule has 0 radical (unpaired) electrons. The van der Waals surface area contributed by atoms with Crippen LogP contribution in [0.25, 0.3) is 16.6 Å². The molecule has 170 valence electrons. The van der Waals surface area contributed by atoms with E-state index < -0.39 is 5.82 Å². The van der Waals surface area contributed by atoms with Gasteiger partial charge >= 0.3 is 0 Å². The molecule has 0 saturated carbocycles. The van der Waals surface area contributed by atoms with Crippen molar-refractivity contribution in [3.8, 4) is 22.9 Å². The zero-order valence-corrected chi connectivity index (χ0v) is 19.5. The van der Waals surface area contributed by atoms with Crippen LogP contribution in [0.3, 0.4) is 0 Å². The Labute approximate surface area is 194 Å². The maximum atomic E-state index is 14.1. The second-order valence-electron chi connectivity index (χ2n) is 7.27. The maximum absolute atomic E-state index is 14.1. The molecule has 1 heterocycles. The van der Waals surface area contributed by atoms with E-state index in [1.54, 1.807) is 18.2 Å². The number of thioether (sulfide) groups is 1. The molecule has 1 aromatic heterocycles. The molecule has 4 aromatic rings. The first-order valence-electron chi connectivity index (χ1n) is 10.2. The molecule has 0 aliphatic heterocycles. The van der Waals surface area contributed by atoms with E-state index in [9.17, 15) is 9.18 Å². The van der Waals surface area contributed by atoms with Crippen molar-refractivity contribution in [3.63, 3.8) is 0 Å². The van der Waals surface area contributed by atoms with Gasteiger partial charge in [0, 0.05) is 5.75 Å². The number of nitrogens with zero attached hydrogens (tertiary/aromatic N) is 2. The first kappa shape index (κ1) is 22.7. The Balaban J connectivity index is 1.99. The van der Waals surface area contributed by atoms with Gasteiger partial charge in [0.2, 0.25) is 5.75 Å². The number of aryl methyl sites for hydroxylation is 1. The molecule has 3 aromatic carbocycles. The topological polar surface area (TPSA) is 62.6 Å². The molecule has 0 atom stereocenters. The number of methoxy groups -OCH3 is 3. The molecule has 4 rings (SSSR count). The highest BCUT2D eigenvalue weighted by molar-refractivity contribution is 7.98. The predicted molar refractivity (Wildman–Crippen MR) is 128 cm³/mol. The minimum absolute atomic E-state index is 0.272. The van der Waals surface area contributed by atoms with Crippen LogP contribution in [0.1, 0.15) is 11.1 Å². The van der Waals surface area contributed by atoms with Gasteiger partial charge in [0.25, 0.3) is 5.56 Å². The van der Waals surface area contributed by atoms with E-state index in [0.717, 1.165) is 11.1 Å². The van der Waals surface area contributed by atoms with E-state index in [4.69, 9.17) is 19.2 Å². The van der Waals surface area contributed by atoms with Crippen molar-refractivity contribution in [2.75, 3.05) is 21.3 Å². The second kappa shape index (κ2) is 9.54. The lowest BCUT2D eigenvalue weighted by molar-refractivity contribution is 0.326. The molecule has 33 heavy (non-hydrogen) atoms. The number of rotatable bonds is 7. The summed E-state index contributed by atoms with van der Waals surface area (Å²) in [6.45, 7) is 2.03. The Morgan fingerprint density at radius 2 is 1.73 bits per heavy atom. The van der Waals surface area contributed by atoms with Crippen LogP contribution < -0.4 is 19.8 Å². The molecule has 0 fully saturated rings. The lowest BCUT2D eigenvalue weighted by atomic mass is 10.1. The third-order valence-electron chi connectivity index (χ3n) is 5.32. The predicted octanol–water partition coefficient (Wildman–Crippen LogP) is 5.15. The molecule has 0 saturated heterocycles.